The van der Waals surface area contributed by atoms with Gasteiger partial charge in [0, 0.05) is 32.4 Å². The van der Waals surface area contributed by atoms with Gasteiger partial charge in [0.1, 0.15) is 17.9 Å². The number of rotatable bonds is 3. The van der Waals surface area contributed by atoms with Crippen molar-refractivity contribution in [2.24, 2.45) is 0 Å². The molecule has 0 unspecified atom stereocenters. The standard InChI is InChI=1S/C15H18N4O/c1-20-14-5-3-2-4-13(14)18-8-10-19(11-9-18)15-6-7-16-12-17-15/h2-7,12H,8-11H2,1H3. The van der Waals surface area contributed by atoms with Crippen LogP contribution in [0.4, 0.5) is 11.5 Å². The predicted molar refractivity (Wildman–Crippen MR) is 79.5 cm³/mol. The molecule has 104 valence electrons. The number of hydrogen-bond donors (Lipinski definition) is 0. The van der Waals surface area contributed by atoms with Gasteiger partial charge in [-0.2, -0.15) is 0 Å². The minimum atomic E-state index is 0.933. The van der Waals surface area contributed by atoms with Gasteiger partial charge in [-0.1, -0.05) is 12.1 Å². The molecule has 0 bridgehead atoms. The van der Waals surface area contributed by atoms with Crippen molar-refractivity contribution in [3.8, 4) is 5.75 Å². The third-order valence-electron chi connectivity index (χ3n) is 3.60. The van der Waals surface area contributed by atoms with Gasteiger partial charge in [-0.25, -0.2) is 9.97 Å². The van der Waals surface area contributed by atoms with E-state index in [1.807, 2.05) is 18.2 Å². The van der Waals surface area contributed by atoms with E-state index in [9.17, 15) is 0 Å². The van der Waals surface area contributed by atoms with E-state index >= 15 is 0 Å². The van der Waals surface area contributed by atoms with Crippen LogP contribution < -0.4 is 14.5 Å². The van der Waals surface area contributed by atoms with Crippen LogP contribution in [0.25, 0.3) is 0 Å². The normalized spacial score (nSPS) is 15.2. The number of aromatic nitrogens is 2. The van der Waals surface area contributed by atoms with Crippen LogP contribution >= 0.6 is 0 Å². The molecule has 0 atom stereocenters. The first kappa shape index (κ1) is 12.7. The van der Waals surface area contributed by atoms with Crippen LogP contribution in [0.5, 0.6) is 5.75 Å². The van der Waals surface area contributed by atoms with Gasteiger partial charge in [0.15, 0.2) is 0 Å². The maximum absolute atomic E-state index is 5.43. The minimum absolute atomic E-state index is 0.933. The number of hydrogen-bond acceptors (Lipinski definition) is 5. The molecule has 2 heterocycles. The van der Waals surface area contributed by atoms with Gasteiger partial charge in [0.2, 0.25) is 0 Å². The number of para-hydroxylation sites is 2. The van der Waals surface area contributed by atoms with Gasteiger partial charge < -0.3 is 14.5 Å². The lowest BCUT2D eigenvalue weighted by molar-refractivity contribution is 0.413. The molecule has 1 saturated heterocycles. The number of benzene rings is 1. The number of methoxy groups -OCH3 is 1. The van der Waals surface area contributed by atoms with Crippen LogP contribution in [-0.4, -0.2) is 43.3 Å². The van der Waals surface area contributed by atoms with Gasteiger partial charge in [0.05, 0.1) is 12.8 Å². The van der Waals surface area contributed by atoms with Crippen LogP contribution in [-0.2, 0) is 0 Å². The second-order valence-corrected chi connectivity index (χ2v) is 4.71. The van der Waals surface area contributed by atoms with Crippen molar-refractivity contribution in [3.63, 3.8) is 0 Å². The zero-order chi connectivity index (χ0) is 13.8. The lowest BCUT2D eigenvalue weighted by atomic mass is 10.2. The lowest BCUT2D eigenvalue weighted by Gasteiger charge is -2.37. The van der Waals surface area contributed by atoms with Crippen molar-refractivity contribution in [2.75, 3.05) is 43.1 Å². The summed E-state index contributed by atoms with van der Waals surface area (Å²) in [5.74, 6) is 1.93. The Labute approximate surface area is 118 Å². The van der Waals surface area contributed by atoms with Gasteiger partial charge in [-0.15, -0.1) is 0 Å². The van der Waals surface area contributed by atoms with Gasteiger partial charge in [0.25, 0.3) is 0 Å². The second kappa shape index (κ2) is 5.77. The molecular formula is C15H18N4O. The summed E-state index contributed by atoms with van der Waals surface area (Å²) in [6, 6.07) is 10.1. The van der Waals surface area contributed by atoms with E-state index in [4.69, 9.17) is 4.74 Å². The SMILES string of the molecule is COc1ccccc1N1CCN(c2ccncn2)CC1. The Kier molecular flexibility index (Phi) is 3.67. The molecule has 0 aliphatic carbocycles. The van der Waals surface area contributed by atoms with E-state index in [1.165, 1.54) is 0 Å². The molecule has 1 aliphatic rings. The monoisotopic (exact) mass is 270 g/mol. The molecule has 0 radical (unpaired) electrons. The van der Waals surface area contributed by atoms with E-state index in [0.717, 1.165) is 43.4 Å². The topological polar surface area (TPSA) is 41.5 Å². The van der Waals surface area contributed by atoms with Crippen LogP contribution in [0.15, 0.2) is 42.9 Å². The third kappa shape index (κ3) is 2.52. The first-order valence-electron chi connectivity index (χ1n) is 6.77. The summed E-state index contributed by atoms with van der Waals surface area (Å²) in [6.07, 6.45) is 3.39. The quantitative estimate of drug-likeness (QED) is 0.851. The van der Waals surface area contributed by atoms with Crippen molar-refractivity contribution in [1.29, 1.82) is 0 Å². The van der Waals surface area contributed by atoms with Crippen LogP contribution in [0, 0.1) is 0 Å². The van der Waals surface area contributed by atoms with E-state index in [1.54, 1.807) is 19.6 Å². The molecule has 2 aromatic rings. The molecule has 5 heteroatoms. The smallest absolute Gasteiger partial charge is 0.142 e. The molecule has 5 nitrogen and oxygen atoms in total. The van der Waals surface area contributed by atoms with Crippen molar-refractivity contribution < 1.29 is 4.74 Å². The van der Waals surface area contributed by atoms with E-state index in [0.29, 0.717) is 0 Å². The highest BCUT2D eigenvalue weighted by atomic mass is 16.5. The van der Waals surface area contributed by atoms with Crippen LogP contribution in [0.1, 0.15) is 0 Å². The maximum atomic E-state index is 5.43. The highest BCUT2D eigenvalue weighted by Gasteiger charge is 2.20. The Balaban J connectivity index is 1.70. The molecule has 0 N–H and O–H groups in total. The fraction of sp³-hybridized carbons (Fsp3) is 0.333. The predicted octanol–water partition coefficient (Wildman–Crippen LogP) is 1.81. The van der Waals surface area contributed by atoms with Crippen molar-refractivity contribution in [3.05, 3.63) is 42.9 Å². The first-order chi connectivity index (χ1) is 9.88. The van der Waals surface area contributed by atoms with Gasteiger partial charge in [-0.05, 0) is 18.2 Å². The largest absolute Gasteiger partial charge is 0.495 e. The van der Waals surface area contributed by atoms with Crippen LogP contribution in [0.2, 0.25) is 0 Å². The molecule has 1 aromatic heterocycles. The number of anilines is 2. The Hall–Kier alpha value is -2.30. The molecule has 0 spiro atoms. The summed E-state index contributed by atoms with van der Waals surface area (Å²) < 4.78 is 5.43. The highest BCUT2D eigenvalue weighted by Crippen LogP contribution is 2.28. The Morgan fingerprint density at radius 1 is 1.00 bits per heavy atom. The molecule has 20 heavy (non-hydrogen) atoms. The number of nitrogens with zero attached hydrogens (tertiary/aromatic N) is 4. The number of ether oxygens (including phenoxy) is 1. The first-order valence-corrected chi connectivity index (χ1v) is 6.77. The zero-order valence-corrected chi connectivity index (χ0v) is 11.6. The average molecular weight is 270 g/mol. The summed E-state index contributed by atoms with van der Waals surface area (Å²) in [5.41, 5.74) is 1.16. The molecule has 1 fully saturated rings. The summed E-state index contributed by atoms with van der Waals surface area (Å²) in [5, 5.41) is 0. The fourth-order valence-electron chi connectivity index (χ4n) is 2.54. The summed E-state index contributed by atoms with van der Waals surface area (Å²) in [6.45, 7) is 3.83. The summed E-state index contributed by atoms with van der Waals surface area (Å²) in [7, 11) is 1.72. The molecule has 0 amide bonds. The zero-order valence-electron chi connectivity index (χ0n) is 11.6. The van der Waals surface area contributed by atoms with E-state index < -0.39 is 0 Å². The van der Waals surface area contributed by atoms with E-state index in [2.05, 4.69) is 31.9 Å². The van der Waals surface area contributed by atoms with Crippen molar-refractivity contribution >= 4 is 11.5 Å². The molecular weight excluding hydrogens is 252 g/mol. The Bertz CT molecular complexity index is 553. The highest BCUT2D eigenvalue weighted by molar-refractivity contribution is 5.59. The van der Waals surface area contributed by atoms with Crippen molar-refractivity contribution in [1.82, 2.24) is 9.97 Å². The van der Waals surface area contributed by atoms with Crippen molar-refractivity contribution in [2.45, 2.75) is 0 Å². The Morgan fingerprint density at radius 2 is 1.75 bits per heavy atom. The van der Waals surface area contributed by atoms with E-state index in [-0.39, 0.29) is 0 Å². The molecule has 0 saturated carbocycles. The summed E-state index contributed by atoms with van der Waals surface area (Å²) >= 11 is 0. The fourth-order valence-corrected chi connectivity index (χ4v) is 2.54. The average Bonchev–Trinajstić information content (AvgIpc) is 2.56. The Morgan fingerprint density at radius 3 is 2.45 bits per heavy atom. The summed E-state index contributed by atoms with van der Waals surface area (Å²) in [4.78, 5) is 12.9. The number of piperazine rings is 1. The lowest BCUT2D eigenvalue weighted by Crippen LogP contribution is -2.46. The van der Waals surface area contributed by atoms with Gasteiger partial charge in [-0.3, -0.25) is 0 Å². The second-order valence-electron chi connectivity index (χ2n) is 4.71. The minimum Gasteiger partial charge on any atom is -0.495 e. The maximum Gasteiger partial charge on any atom is 0.142 e. The molecule has 3 rings (SSSR count). The van der Waals surface area contributed by atoms with Crippen LogP contribution in [0.3, 0.4) is 0 Å². The molecule has 1 aliphatic heterocycles. The third-order valence-corrected chi connectivity index (χ3v) is 3.60. The molecule has 1 aromatic carbocycles. The van der Waals surface area contributed by atoms with Gasteiger partial charge >= 0.3 is 0 Å².